The topological polar surface area (TPSA) is 140 Å². The number of benzene rings is 1. The summed E-state index contributed by atoms with van der Waals surface area (Å²) in [5.74, 6) is 0.618. The van der Waals surface area contributed by atoms with Crippen LogP contribution in [0.3, 0.4) is 0 Å². The minimum Gasteiger partial charge on any atom is -0.507 e. The Bertz CT molecular complexity index is 1510. The van der Waals surface area contributed by atoms with Crippen molar-refractivity contribution in [2.24, 2.45) is 7.05 Å². The number of rotatable bonds is 10. The Morgan fingerprint density at radius 1 is 1.15 bits per heavy atom. The lowest BCUT2D eigenvalue weighted by molar-refractivity contribution is -0.121. The maximum absolute atomic E-state index is 12.9. The molecule has 0 aliphatic rings. The van der Waals surface area contributed by atoms with E-state index < -0.39 is 11.5 Å². The highest BCUT2D eigenvalue weighted by molar-refractivity contribution is 5.97. The van der Waals surface area contributed by atoms with E-state index in [2.05, 4.69) is 25.7 Å². The van der Waals surface area contributed by atoms with Crippen LogP contribution in [0, 0.1) is 13.8 Å². The molecule has 2 amide bonds. The fourth-order valence-corrected chi connectivity index (χ4v) is 4.10. The summed E-state index contributed by atoms with van der Waals surface area (Å²) >= 11 is 0. The van der Waals surface area contributed by atoms with Crippen molar-refractivity contribution in [2.75, 3.05) is 19.0 Å². The largest absolute Gasteiger partial charge is 0.507 e. The number of phenols is 1. The average molecular weight is 545 g/mol. The molecule has 208 valence electrons. The molecule has 1 atom stereocenters. The number of aromatic nitrogens is 4. The molecule has 0 aliphatic heterocycles. The number of pyridine rings is 2. The molecule has 0 fully saturated rings. The van der Waals surface area contributed by atoms with Gasteiger partial charge in [0, 0.05) is 44.7 Å². The third kappa shape index (κ3) is 6.80. The van der Waals surface area contributed by atoms with E-state index in [1.165, 1.54) is 19.2 Å². The van der Waals surface area contributed by atoms with Crippen molar-refractivity contribution < 1.29 is 24.2 Å². The van der Waals surface area contributed by atoms with Crippen LogP contribution in [0.1, 0.15) is 35.0 Å². The average Bonchev–Trinajstić information content (AvgIpc) is 3.36. The molecule has 3 N–H and O–H groups in total. The van der Waals surface area contributed by atoms with E-state index in [-0.39, 0.29) is 30.2 Å². The molecule has 40 heavy (non-hydrogen) atoms. The van der Waals surface area contributed by atoms with E-state index in [4.69, 9.17) is 9.47 Å². The lowest BCUT2D eigenvalue weighted by atomic mass is 10.0. The molecule has 0 bridgehead atoms. The molecule has 3 aromatic heterocycles. The zero-order chi connectivity index (χ0) is 28.9. The number of ether oxygens (including phenoxy) is 2. The Labute approximate surface area is 232 Å². The maximum atomic E-state index is 12.9. The highest BCUT2D eigenvalue weighted by atomic mass is 16.5. The molecule has 4 rings (SSSR count). The quantitative estimate of drug-likeness (QED) is 0.270. The van der Waals surface area contributed by atoms with Crippen molar-refractivity contribution in [3.63, 3.8) is 0 Å². The third-order valence-corrected chi connectivity index (χ3v) is 6.35. The van der Waals surface area contributed by atoms with Crippen LogP contribution in [0.4, 0.5) is 5.82 Å². The summed E-state index contributed by atoms with van der Waals surface area (Å²) in [4.78, 5) is 34.3. The van der Waals surface area contributed by atoms with Crippen LogP contribution in [-0.2, 0) is 16.6 Å². The number of para-hydroxylation sites is 1. The van der Waals surface area contributed by atoms with E-state index in [0.29, 0.717) is 23.0 Å². The van der Waals surface area contributed by atoms with Gasteiger partial charge in [0.2, 0.25) is 5.91 Å². The minimum absolute atomic E-state index is 0.0449. The van der Waals surface area contributed by atoms with Crippen LogP contribution in [0.25, 0.3) is 11.3 Å². The number of nitrogens with one attached hydrogen (secondary N) is 2. The molecule has 0 saturated carbocycles. The number of aryl methyl sites for hydroxylation is 3. The first-order valence-corrected chi connectivity index (χ1v) is 12.6. The summed E-state index contributed by atoms with van der Waals surface area (Å²) in [7, 11) is 3.31. The number of methoxy groups -OCH3 is 1. The summed E-state index contributed by atoms with van der Waals surface area (Å²) in [6, 6.07) is 11.6. The number of hydrogen-bond acceptors (Lipinski definition) is 8. The Morgan fingerprint density at radius 2 is 1.93 bits per heavy atom. The van der Waals surface area contributed by atoms with Gasteiger partial charge in [0.1, 0.15) is 17.3 Å². The summed E-state index contributed by atoms with van der Waals surface area (Å²) in [5, 5.41) is 19.6. The molecule has 1 unspecified atom stereocenters. The van der Waals surface area contributed by atoms with Gasteiger partial charge in [-0.2, -0.15) is 5.10 Å². The van der Waals surface area contributed by atoms with Gasteiger partial charge in [-0.3, -0.25) is 19.3 Å². The first-order chi connectivity index (χ1) is 19.1. The molecule has 11 heteroatoms. The molecular weight excluding hydrogens is 512 g/mol. The van der Waals surface area contributed by atoms with Crippen LogP contribution in [0.2, 0.25) is 0 Å². The molecule has 0 aliphatic carbocycles. The van der Waals surface area contributed by atoms with Gasteiger partial charge in [0.25, 0.3) is 5.91 Å². The second-order valence-corrected chi connectivity index (χ2v) is 9.70. The SMILES string of the molecule is COC(C)(CNC(=O)c1ccccc1O)CC(=O)Nc1cc(C)c(Oc2ccnc(-c3cnn(C)c3)c2)c(C)n1. The second kappa shape index (κ2) is 12.0. The summed E-state index contributed by atoms with van der Waals surface area (Å²) in [6.07, 6.45) is 5.23. The monoisotopic (exact) mass is 544 g/mol. The summed E-state index contributed by atoms with van der Waals surface area (Å²) in [5.41, 5.74) is 2.13. The van der Waals surface area contributed by atoms with Crippen LogP contribution < -0.4 is 15.4 Å². The van der Waals surface area contributed by atoms with Crippen LogP contribution in [0.15, 0.2) is 61.1 Å². The van der Waals surface area contributed by atoms with Crippen LogP contribution >= 0.6 is 0 Å². The normalized spacial score (nSPS) is 12.4. The van der Waals surface area contributed by atoms with Gasteiger partial charge in [-0.15, -0.1) is 0 Å². The first kappa shape index (κ1) is 28.2. The van der Waals surface area contributed by atoms with Crippen molar-refractivity contribution in [3.8, 4) is 28.5 Å². The molecular formula is C29H32N6O5. The maximum Gasteiger partial charge on any atom is 0.255 e. The highest BCUT2D eigenvalue weighted by Gasteiger charge is 2.29. The van der Waals surface area contributed by atoms with E-state index >= 15 is 0 Å². The fraction of sp³-hybridized carbons (Fsp3) is 0.276. The van der Waals surface area contributed by atoms with E-state index in [9.17, 15) is 14.7 Å². The number of anilines is 1. The first-order valence-electron chi connectivity index (χ1n) is 12.6. The predicted molar refractivity (Wildman–Crippen MR) is 149 cm³/mol. The van der Waals surface area contributed by atoms with Crippen molar-refractivity contribution in [2.45, 2.75) is 32.8 Å². The van der Waals surface area contributed by atoms with Crippen molar-refractivity contribution in [1.29, 1.82) is 0 Å². The van der Waals surface area contributed by atoms with Gasteiger partial charge < -0.3 is 25.2 Å². The van der Waals surface area contributed by atoms with Gasteiger partial charge in [-0.05, 0) is 50.6 Å². The molecule has 0 spiro atoms. The minimum atomic E-state index is -0.995. The number of carbonyl (C=O) groups is 2. The number of carbonyl (C=O) groups excluding carboxylic acids is 2. The predicted octanol–water partition coefficient (Wildman–Crippen LogP) is 4.16. The number of hydrogen-bond donors (Lipinski definition) is 3. The van der Waals surface area contributed by atoms with Gasteiger partial charge in [-0.1, -0.05) is 12.1 Å². The van der Waals surface area contributed by atoms with Crippen molar-refractivity contribution in [3.05, 3.63) is 77.9 Å². The van der Waals surface area contributed by atoms with Gasteiger partial charge >= 0.3 is 0 Å². The Balaban J connectivity index is 1.40. The van der Waals surface area contributed by atoms with E-state index in [1.807, 2.05) is 26.2 Å². The van der Waals surface area contributed by atoms with Crippen LogP contribution in [-0.4, -0.2) is 55.9 Å². The van der Waals surface area contributed by atoms with Gasteiger partial charge in [0.05, 0.1) is 35.2 Å². The molecule has 0 radical (unpaired) electrons. The van der Waals surface area contributed by atoms with E-state index in [1.54, 1.807) is 55.2 Å². The number of nitrogens with zero attached hydrogens (tertiary/aromatic N) is 4. The zero-order valence-electron chi connectivity index (χ0n) is 23.1. The number of phenolic OH excluding ortho intramolecular Hbond substituents is 1. The van der Waals surface area contributed by atoms with Gasteiger partial charge in [0.15, 0.2) is 5.75 Å². The Hall–Kier alpha value is -4.77. The summed E-state index contributed by atoms with van der Waals surface area (Å²) in [6.45, 7) is 5.44. The fourth-order valence-electron chi connectivity index (χ4n) is 4.10. The zero-order valence-corrected chi connectivity index (χ0v) is 23.1. The number of aromatic hydroxyl groups is 1. The third-order valence-electron chi connectivity index (χ3n) is 6.35. The number of amides is 2. The lowest BCUT2D eigenvalue weighted by Gasteiger charge is -2.28. The lowest BCUT2D eigenvalue weighted by Crippen LogP contribution is -2.44. The van der Waals surface area contributed by atoms with Crippen molar-refractivity contribution in [1.82, 2.24) is 25.1 Å². The highest BCUT2D eigenvalue weighted by Crippen LogP contribution is 2.31. The Morgan fingerprint density at radius 3 is 2.60 bits per heavy atom. The van der Waals surface area contributed by atoms with E-state index in [0.717, 1.165) is 16.8 Å². The molecule has 11 nitrogen and oxygen atoms in total. The molecule has 3 heterocycles. The van der Waals surface area contributed by atoms with Crippen LogP contribution in [0.5, 0.6) is 17.2 Å². The standard InChI is InChI=1S/C29H32N6O5/c1-18-12-25(33-19(2)27(18)40-21-10-11-30-23(13-21)20-15-32-35(4)16-20)34-26(37)14-29(3,39-5)17-31-28(38)22-8-6-7-9-24(22)36/h6-13,15-16,36H,14,17H2,1-5H3,(H,31,38)(H,33,34,37). The molecule has 4 aromatic rings. The summed E-state index contributed by atoms with van der Waals surface area (Å²) < 4.78 is 13.4. The Kier molecular flexibility index (Phi) is 8.44. The second-order valence-electron chi connectivity index (χ2n) is 9.70. The smallest absolute Gasteiger partial charge is 0.255 e. The molecule has 1 aromatic carbocycles. The molecule has 0 saturated heterocycles. The van der Waals surface area contributed by atoms with Crippen molar-refractivity contribution >= 4 is 17.6 Å². The van der Waals surface area contributed by atoms with Gasteiger partial charge in [-0.25, -0.2) is 4.98 Å².